The summed E-state index contributed by atoms with van der Waals surface area (Å²) in [5.41, 5.74) is 10.2. The second-order valence-electron chi connectivity index (χ2n) is 4.38. The van der Waals surface area contributed by atoms with Crippen LogP contribution in [-0.4, -0.2) is 38.1 Å². The lowest BCUT2D eigenvalue weighted by molar-refractivity contribution is -0.134. The van der Waals surface area contributed by atoms with Crippen LogP contribution in [-0.2, 0) is 22.6 Å². The molecule has 1 amide bonds. The molecular weight excluding hydrogens is 230 g/mol. The molecule has 0 spiro atoms. The first-order valence-electron chi connectivity index (χ1n) is 5.95. The Hall–Kier alpha value is -1.43. The van der Waals surface area contributed by atoms with Gasteiger partial charge in [0.2, 0.25) is 0 Å². The van der Waals surface area contributed by atoms with Crippen molar-refractivity contribution < 1.29 is 9.63 Å². The molecule has 1 aromatic carbocycles. The van der Waals surface area contributed by atoms with Crippen LogP contribution in [0.4, 0.5) is 0 Å². The van der Waals surface area contributed by atoms with Gasteiger partial charge in [0.1, 0.15) is 0 Å². The molecule has 0 bridgehead atoms. The first kappa shape index (κ1) is 14.6. The highest BCUT2D eigenvalue weighted by molar-refractivity contribution is 5.76. The zero-order valence-corrected chi connectivity index (χ0v) is 11.0. The number of rotatable bonds is 7. The summed E-state index contributed by atoms with van der Waals surface area (Å²) < 4.78 is 0. The molecule has 1 rings (SSSR count). The van der Waals surface area contributed by atoms with Crippen LogP contribution in [0.15, 0.2) is 24.3 Å². The molecular formula is C13H21N3O2. The van der Waals surface area contributed by atoms with Crippen molar-refractivity contribution in [3.8, 4) is 0 Å². The van der Waals surface area contributed by atoms with E-state index < -0.39 is 0 Å². The molecule has 18 heavy (non-hydrogen) atoms. The quantitative estimate of drug-likeness (QED) is 0.540. The number of carbonyl (C=O) groups is 1. The van der Waals surface area contributed by atoms with Crippen molar-refractivity contribution in [1.29, 1.82) is 0 Å². The minimum Gasteiger partial charge on any atom is -0.326 e. The molecule has 3 N–H and O–H groups in total. The van der Waals surface area contributed by atoms with Crippen LogP contribution in [0.1, 0.15) is 11.1 Å². The highest BCUT2D eigenvalue weighted by Crippen LogP contribution is 2.04. The van der Waals surface area contributed by atoms with E-state index in [1.54, 1.807) is 4.90 Å². The lowest BCUT2D eigenvalue weighted by atomic mass is 10.1. The SMILES string of the molecule is CN(C)CC(=O)NOCCc1ccc(CN)cc1. The third kappa shape index (κ3) is 5.77. The minimum absolute atomic E-state index is 0.140. The number of hydroxylamine groups is 1. The Balaban J connectivity index is 2.19. The van der Waals surface area contributed by atoms with E-state index in [1.165, 1.54) is 0 Å². The highest BCUT2D eigenvalue weighted by atomic mass is 16.6. The van der Waals surface area contributed by atoms with Gasteiger partial charge in [-0.15, -0.1) is 0 Å². The first-order chi connectivity index (χ1) is 8.61. The van der Waals surface area contributed by atoms with Crippen molar-refractivity contribution in [2.75, 3.05) is 27.2 Å². The Morgan fingerprint density at radius 2 is 1.89 bits per heavy atom. The summed E-state index contributed by atoms with van der Waals surface area (Å²) in [5.74, 6) is -0.140. The summed E-state index contributed by atoms with van der Waals surface area (Å²) in [5, 5.41) is 0. The Kier molecular flexibility index (Phi) is 6.35. The van der Waals surface area contributed by atoms with E-state index in [0.717, 1.165) is 17.5 Å². The smallest absolute Gasteiger partial charge is 0.257 e. The van der Waals surface area contributed by atoms with Gasteiger partial charge in [-0.05, 0) is 31.6 Å². The van der Waals surface area contributed by atoms with E-state index in [9.17, 15) is 4.79 Å². The normalized spacial score (nSPS) is 10.7. The molecule has 0 aromatic heterocycles. The van der Waals surface area contributed by atoms with Gasteiger partial charge >= 0.3 is 0 Å². The molecule has 0 heterocycles. The minimum atomic E-state index is -0.140. The summed E-state index contributed by atoms with van der Waals surface area (Å²) in [6.45, 7) is 1.34. The van der Waals surface area contributed by atoms with E-state index >= 15 is 0 Å². The van der Waals surface area contributed by atoms with E-state index in [-0.39, 0.29) is 5.91 Å². The molecule has 0 aliphatic heterocycles. The van der Waals surface area contributed by atoms with Crippen LogP contribution in [0.2, 0.25) is 0 Å². The third-order valence-corrected chi connectivity index (χ3v) is 2.40. The molecule has 0 fully saturated rings. The Labute approximate surface area is 108 Å². The van der Waals surface area contributed by atoms with E-state index in [4.69, 9.17) is 10.6 Å². The van der Waals surface area contributed by atoms with Gasteiger partial charge < -0.3 is 10.6 Å². The summed E-state index contributed by atoms with van der Waals surface area (Å²) >= 11 is 0. The summed E-state index contributed by atoms with van der Waals surface area (Å²) in [4.78, 5) is 18.1. The number of hydrogen-bond acceptors (Lipinski definition) is 4. The van der Waals surface area contributed by atoms with Gasteiger partial charge in [0, 0.05) is 6.54 Å². The fraction of sp³-hybridized carbons (Fsp3) is 0.462. The maximum atomic E-state index is 11.3. The monoisotopic (exact) mass is 251 g/mol. The van der Waals surface area contributed by atoms with Crippen LogP contribution < -0.4 is 11.2 Å². The van der Waals surface area contributed by atoms with E-state index in [1.807, 2.05) is 38.4 Å². The third-order valence-electron chi connectivity index (χ3n) is 2.40. The zero-order chi connectivity index (χ0) is 13.4. The number of nitrogens with two attached hydrogens (primary N) is 1. The van der Waals surface area contributed by atoms with Gasteiger partial charge in [-0.1, -0.05) is 24.3 Å². The van der Waals surface area contributed by atoms with Gasteiger partial charge in [-0.25, -0.2) is 5.48 Å². The van der Waals surface area contributed by atoms with Crippen molar-refractivity contribution in [2.24, 2.45) is 5.73 Å². The number of benzene rings is 1. The largest absolute Gasteiger partial charge is 0.326 e. The highest BCUT2D eigenvalue weighted by Gasteiger charge is 2.02. The molecule has 0 unspecified atom stereocenters. The van der Waals surface area contributed by atoms with Crippen LogP contribution in [0.5, 0.6) is 0 Å². The first-order valence-corrected chi connectivity index (χ1v) is 5.95. The van der Waals surface area contributed by atoms with Crippen molar-refractivity contribution in [3.05, 3.63) is 35.4 Å². The molecule has 100 valence electrons. The van der Waals surface area contributed by atoms with Gasteiger partial charge in [0.05, 0.1) is 13.2 Å². The number of nitrogens with one attached hydrogen (secondary N) is 1. The van der Waals surface area contributed by atoms with Crippen LogP contribution in [0.3, 0.4) is 0 Å². The predicted molar refractivity (Wildman–Crippen MR) is 70.7 cm³/mol. The second kappa shape index (κ2) is 7.81. The van der Waals surface area contributed by atoms with Crippen molar-refractivity contribution in [3.63, 3.8) is 0 Å². The fourth-order valence-electron chi connectivity index (χ4n) is 1.46. The molecule has 0 saturated heterocycles. The Morgan fingerprint density at radius 3 is 2.44 bits per heavy atom. The van der Waals surface area contributed by atoms with Crippen LogP contribution in [0, 0.1) is 0 Å². The Bertz CT molecular complexity index is 363. The number of carbonyl (C=O) groups excluding carboxylic acids is 1. The van der Waals surface area contributed by atoms with E-state index in [0.29, 0.717) is 19.7 Å². The van der Waals surface area contributed by atoms with E-state index in [2.05, 4.69) is 5.48 Å². The average molecular weight is 251 g/mol. The average Bonchev–Trinajstić information content (AvgIpc) is 2.34. The summed E-state index contributed by atoms with van der Waals surface area (Å²) in [6, 6.07) is 8.04. The maximum absolute atomic E-state index is 11.3. The van der Waals surface area contributed by atoms with Crippen LogP contribution in [0.25, 0.3) is 0 Å². The number of hydrogen-bond donors (Lipinski definition) is 2. The second-order valence-corrected chi connectivity index (χ2v) is 4.38. The number of amides is 1. The van der Waals surface area contributed by atoms with Gasteiger partial charge in [-0.2, -0.15) is 0 Å². The summed E-state index contributed by atoms with van der Waals surface area (Å²) in [7, 11) is 3.66. The molecule has 0 saturated carbocycles. The lowest BCUT2D eigenvalue weighted by Gasteiger charge is -2.10. The molecule has 0 aliphatic rings. The molecule has 0 radical (unpaired) electrons. The van der Waals surface area contributed by atoms with Crippen molar-refractivity contribution >= 4 is 5.91 Å². The van der Waals surface area contributed by atoms with Gasteiger partial charge in [-0.3, -0.25) is 9.63 Å². The maximum Gasteiger partial charge on any atom is 0.257 e. The van der Waals surface area contributed by atoms with Gasteiger partial charge in [0.25, 0.3) is 5.91 Å². The standard InChI is InChI=1S/C13H21N3O2/c1-16(2)10-13(17)15-18-8-7-11-3-5-12(9-14)6-4-11/h3-6H,7-10,14H2,1-2H3,(H,15,17). The molecule has 5 nitrogen and oxygen atoms in total. The molecule has 0 atom stereocenters. The molecule has 0 aliphatic carbocycles. The van der Waals surface area contributed by atoms with Gasteiger partial charge in [0.15, 0.2) is 0 Å². The van der Waals surface area contributed by atoms with Crippen LogP contribution >= 0.6 is 0 Å². The molecule has 1 aromatic rings. The van der Waals surface area contributed by atoms with Crippen molar-refractivity contribution in [1.82, 2.24) is 10.4 Å². The predicted octanol–water partition coefficient (Wildman–Crippen LogP) is 0.297. The lowest BCUT2D eigenvalue weighted by Crippen LogP contribution is -2.33. The number of likely N-dealkylation sites (N-methyl/N-ethyl adjacent to an activating group) is 1. The Morgan fingerprint density at radius 1 is 1.28 bits per heavy atom. The topological polar surface area (TPSA) is 67.6 Å². The zero-order valence-electron chi connectivity index (χ0n) is 11.0. The summed E-state index contributed by atoms with van der Waals surface area (Å²) in [6.07, 6.45) is 0.757. The van der Waals surface area contributed by atoms with Crippen molar-refractivity contribution in [2.45, 2.75) is 13.0 Å². The molecule has 5 heteroatoms. The fourth-order valence-corrected chi connectivity index (χ4v) is 1.46. The number of nitrogens with zero attached hydrogens (tertiary/aromatic N) is 1.